The Kier molecular flexibility index (Phi) is 4.73. The smallest absolute Gasteiger partial charge is 0.270 e. The maximum absolute atomic E-state index is 12.6. The van der Waals surface area contributed by atoms with E-state index >= 15 is 0 Å². The molecule has 0 spiro atoms. The van der Waals surface area contributed by atoms with Crippen molar-refractivity contribution in [1.82, 2.24) is 4.98 Å². The van der Waals surface area contributed by atoms with Crippen LogP contribution in [-0.4, -0.2) is 21.1 Å². The van der Waals surface area contributed by atoms with Crippen LogP contribution in [0.2, 0.25) is 0 Å². The van der Waals surface area contributed by atoms with Crippen molar-refractivity contribution in [1.29, 1.82) is 0 Å². The van der Waals surface area contributed by atoms with E-state index in [1.807, 2.05) is 12.1 Å². The van der Waals surface area contributed by atoms with E-state index < -0.39 is 0 Å². The summed E-state index contributed by atoms with van der Waals surface area (Å²) in [6.45, 7) is 1.44. The number of benzene rings is 1. The third-order valence-corrected chi connectivity index (χ3v) is 4.55. The van der Waals surface area contributed by atoms with Crippen molar-refractivity contribution < 1.29 is 9.59 Å². The molecule has 3 rings (SSSR count). The number of thiocarbonyl (C=S) groups is 1. The van der Waals surface area contributed by atoms with Crippen molar-refractivity contribution in [2.24, 2.45) is 0 Å². The third-order valence-electron chi connectivity index (χ3n) is 3.24. The summed E-state index contributed by atoms with van der Waals surface area (Å²) in [6.07, 6.45) is 5.15. The summed E-state index contributed by atoms with van der Waals surface area (Å²) in [5.41, 5.74) is 2.24. The summed E-state index contributed by atoms with van der Waals surface area (Å²) in [4.78, 5) is 29.7. The highest BCUT2D eigenvalue weighted by atomic mass is 32.2. The van der Waals surface area contributed by atoms with Gasteiger partial charge in [0.05, 0.1) is 10.6 Å². The number of aromatic nitrogens is 1. The molecule has 5 nitrogen and oxygen atoms in total. The van der Waals surface area contributed by atoms with Crippen LogP contribution in [0.5, 0.6) is 0 Å². The number of anilines is 2. The van der Waals surface area contributed by atoms with Gasteiger partial charge in [-0.3, -0.25) is 19.5 Å². The van der Waals surface area contributed by atoms with Gasteiger partial charge in [-0.1, -0.05) is 24.0 Å². The molecule has 1 aliphatic heterocycles. The minimum Gasteiger partial charge on any atom is -0.326 e. The van der Waals surface area contributed by atoms with Crippen molar-refractivity contribution in [2.75, 3.05) is 10.2 Å². The molecule has 1 aromatic heterocycles. The predicted octanol–water partition coefficient (Wildman–Crippen LogP) is 3.45. The molecule has 7 heteroatoms. The number of hydrogen-bond acceptors (Lipinski definition) is 5. The van der Waals surface area contributed by atoms with Crippen molar-refractivity contribution in [3.63, 3.8) is 0 Å². The molecule has 1 saturated heterocycles. The molecular weight excluding hydrogens is 342 g/mol. The molecule has 1 aliphatic rings. The van der Waals surface area contributed by atoms with Gasteiger partial charge < -0.3 is 5.32 Å². The zero-order chi connectivity index (χ0) is 17.1. The standard InChI is InChI=1S/C17H13N3O2S2/c1-11(21)19-13-2-4-14(5-3-13)20-16(22)15(24-17(20)23)10-12-6-8-18-9-7-12/h2-10H,1H3,(H,19,21). The molecule has 0 aliphatic carbocycles. The Hall–Kier alpha value is -2.51. The number of nitrogens with zero attached hydrogens (tertiary/aromatic N) is 2. The lowest BCUT2D eigenvalue weighted by Gasteiger charge is -2.15. The highest BCUT2D eigenvalue weighted by molar-refractivity contribution is 8.27. The van der Waals surface area contributed by atoms with E-state index in [0.29, 0.717) is 20.6 Å². The Bertz CT molecular complexity index is 833. The Morgan fingerprint density at radius 2 is 1.88 bits per heavy atom. The van der Waals surface area contributed by atoms with E-state index in [0.717, 1.165) is 5.56 Å². The minimum absolute atomic E-state index is 0.145. The van der Waals surface area contributed by atoms with Crippen LogP contribution in [0.1, 0.15) is 12.5 Å². The van der Waals surface area contributed by atoms with E-state index in [2.05, 4.69) is 10.3 Å². The van der Waals surface area contributed by atoms with E-state index in [4.69, 9.17) is 12.2 Å². The quantitative estimate of drug-likeness (QED) is 0.675. The average Bonchev–Trinajstić information content (AvgIpc) is 2.83. The van der Waals surface area contributed by atoms with E-state index in [9.17, 15) is 9.59 Å². The van der Waals surface area contributed by atoms with Crippen LogP contribution in [0.15, 0.2) is 53.7 Å². The number of pyridine rings is 1. The molecule has 1 aromatic carbocycles. The Balaban J connectivity index is 1.84. The molecule has 2 amide bonds. The summed E-state index contributed by atoms with van der Waals surface area (Å²) >= 11 is 6.61. The first-order valence-corrected chi connectivity index (χ1v) is 8.33. The SMILES string of the molecule is CC(=O)Nc1ccc(N2C(=O)C(=Cc3ccncc3)SC2=S)cc1. The van der Waals surface area contributed by atoms with Crippen LogP contribution < -0.4 is 10.2 Å². The van der Waals surface area contributed by atoms with Gasteiger partial charge in [-0.2, -0.15) is 0 Å². The zero-order valence-electron chi connectivity index (χ0n) is 12.7. The molecule has 1 N–H and O–H groups in total. The van der Waals surface area contributed by atoms with Crippen molar-refractivity contribution in [3.8, 4) is 0 Å². The Morgan fingerprint density at radius 3 is 2.50 bits per heavy atom. The topological polar surface area (TPSA) is 62.3 Å². The predicted molar refractivity (Wildman–Crippen MR) is 101 cm³/mol. The van der Waals surface area contributed by atoms with Gasteiger partial charge in [-0.15, -0.1) is 0 Å². The first kappa shape index (κ1) is 16.4. The summed E-state index contributed by atoms with van der Waals surface area (Å²) in [5, 5.41) is 2.69. The van der Waals surface area contributed by atoms with Gasteiger partial charge in [0.25, 0.3) is 5.91 Å². The fourth-order valence-electron chi connectivity index (χ4n) is 2.20. The molecule has 120 valence electrons. The summed E-state index contributed by atoms with van der Waals surface area (Å²) in [5.74, 6) is -0.303. The van der Waals surface area contributed by atoms with E-state index in [-0.39, 0.29) is 11.8 Å². The van der Waals surface area contributed by atoms with Gasteiger partial charge in [-0.25, -0.2) is 0 Å². The third kappa shape index (κ3) is 3.52. The second-order valence-electron chi connectivity index (χ2n) is 5.03. The molecule has 0 atom stereocenters. The number of thioether (sulfide) groups is 1. The summed E-state index contributed by atoms with van der Waals surface area (Å²) in [6, 6.07) is 10.6. The average molecular weight is 355 g/mol. The summed E-state index contributed by atoms with van der Waals surface area (Å²) < 4.78 is 0.479. The van der Waals surface area contributed by atoms with Gasteiger partial charge in [0.1, 0.15) is 0 Å². The van der Waals surface area contributed by atoms with Gasteiger partial charge in [0, 0.05) is 25.0 Å². The van der Waals surface area contributed by atoms with Crippen LogP contribution >= 0.6 is 24.0 Å². The lowest BCUT2D eigenvalue weighted by atomic mass is 10.2. The van der Waals surface area contributed by atoms with Crippen molar-refractivity contribution in [2.45, 2.75) is 6.92 Å². The van der Waals surface area contributed by atoms with Crippen LogP contribution in [0.4, 0.5) is 11.4 Å². The number of hydrogen-bond donors (Lipinski definition) is 1. The van der Waals surface area contributed by atoms with Crippen molar-refractivity contribution >= 4 is 57.6 Å². The molecule has 0 bridgehead atoms. The first-order valence-electron chi connectivity index (χ1n) is 7.10. The van der Waals surface area contributed by atoms with Crippen molar-refractivity contribution in [3.05, 3.63) is 59.3 Å². The molecule has 2 aromatic rings. The van der Waals surface area contributed by atoms with Gasteiger partial charge >= 0.3 is 0 Å². The van der Waals surface area contributed by atoms with Gasteiger partial charge in [0.15, 0.2) is 4.32 Å². The van der Waals surface area contributed by atoms with Crippen LogP contribution in [0, 0.1) is 0 Å². The maximum Gasteiger partial charge on any atom is 0.270 e. The number of amides is 2. The van der Waals surface area contributed by atoms with E-state index in [1.165, 1.54) is 23.6 Å². The normalized spacial score (nSPS) is 15.9. The first-order chi connectivity index (χ1) is 11.5. The fourth-order valence-corrected chi connectivity index (χ4v) is 3.50. The highest BCUT2D eigenvalue weighted by Crippen LogP contribution is 2.36. The van der Waals surface area contributed by atoms with Crippen LogP contribution in [-0.2, 0) is 9.59 Å². The maximum atomic E-state index is 12.6. The van der Waals surface area contributed by atoms with Crippen LogP contribution in [0.25, 0.3) is 6.08 Å². The summed E-state index contributed by atoms with van der Waals surface area (Å²) in [7, 11) is 0. The second-order valence-corrected chi connectivity index (χ2v) is 6.70. The molecule has 0 radical (unpaired) electrons. The highest BCUT2D eigenvalue weighted by Gasteiger charge is 2.33. The lowest BCUT2D eigenvalue weighted by molar-refractivity contribution is -0.114. The molecule has 1 fully saturated rings. The molecule has 0 unspecified atom stereocenters. The van der Waals surface area contributed by atoms with Gasteiger partial charge in [0.2, 0.25) is 5.91 Å². The largest absolute Gasteiger partial charge is 0.326 e. The Labute approximate surface area is 148 Å². The van der Waals surface area contributed by atoms with Crippen LogP contribution in [0.3, 0.4) is 0 Å². The van der Waals surface area contributed by atoms with E-state index in [1.54, 1.807) is 42.7 Å². The van der Waals surface area contributed by atoms with Gasteiger partial charge in [-0.05, 0) is 48.0 Å². The number of carbonyl (C=O) groups excluding carboxylic acids is 2. The molecular formula is C17H13N3O2S2. The monoisotopic (exact) mass is 355 g/mol. The lowest BCUT2D eigenvalue weighted by Crippen LogP contribution is -2.27. The second kappa shape index (κ2) is 6.94. The molecule has 24 heavy (non-hydrogen) atoms. The molecule has 2 heterocycles. The zero-order valence-corrected chi connectivity index (χ0v) is 14.4. The number of nitrogens with one attached hydrogen (secondary N) is 1. The molecule has 0 saturated carbocycles. The minimum atomic E-state index is -0.158. The number of rotatable bonds is 3. The fraction of sp³-hybridized carbons (Fsp3) is 0.0588. The Morgan fingerprint density at radius 1 is 1.21 bits per heavy atom. The number of carbonyl (C=O) groups is 2.